The Morgan fingerprint density at radius 3 is 2.36 bits per heavy atom. The first kappa shape index (κ1) is 14.8. The molecular weight excluding hydrogens is 274 g/mol. The molecule has 0 atom stereocenters. The van der Waals surface area contributed by atoms with Gasteiger partial charge < -0.3 is 9.88 Å². The Balaban J connectivity index is 1.62. The first-order valence-corrected chi connectivity index (χ1v) is 8.22. The van der Waals surface area contributed by atoms with Crippen molar-refractivity contribution in [3.8, 4) is 5.69 Å². The van der Waals surface area contributed by atoms with Crippen molar-refractivity contribution in [1.82, 2.24) is 14.9 Å². The fourth-order valence-electron chi connectivity index (χ4n) is 3.07. The van der Waals surface area contributed by atoms with E-state index in [1.807, 2.05) is 35.0 Å². The number of imidazole rings is 1. The number of hydrogen-bond donors (Lipinski definition) is 1. The van der Waals surface area contributed by atoms with Crippen LogP contribution in [0.3, 0.4) is 0 Å². The third-order valence-electron chi connectivity index (χ3n) is 4.37. The number of carbonyl (C=O) groups is 1. The van der Waals surface area contributed by atoms with Gasteiger partial charge in [0.05, 0.1) is 6.33 Å². The third-order valence-corrected chi connectivity index (χ3v) is 4.37. The summed E-state index contributed by atoms with van der Waals surface area (Å²) in [6.07, 6.45) is 14.0. The fourth-order valence-corrected chi connectivity index (χ4v) is 3.07. The lowest BCUT2D eigenvalue weighted by molar-refractivity contribution is 0.0930. The Labute approximate surface area is 131 Å². The third kappa shape index (κ3) is 3.75. The lowest BCUT2D eigenvalue weighted by Crippen LogP contribution is -2.35. The average Bonchev–Trinajstić information content (AvgIpc) is 3.04. The molecule has 0 radical (unpaired) electrons. The quantitative estimate of drug-likeness (QED) is 0.938. The number of aromatic nitrogens is 2. The number of rotatable bonds is 3. The molecule has 22 heavy (non-hydrogen) atoms. The first-order valence-electron chi connectivity index (χ1n) is 8.22. The van der Waals surface area contributed by atoms with Crippen LogP contribution in [0.15, 0.2) is 43.0 Å². The summed E-state index contributed by atoms with van der Waals surface area (Å²) in [5.74, 6) is 0.0442. The number of carbonyl (C=O) groups excluding carboxylic acids is 1. The maximum Gasteiger partial charge on any atom is 0.251 e. The minimum absolute atomic E-state index is 0.0442. The Hall–Kier alpha value is -2.10. The van der Waals surface area contributed by atoms with E-state index in [-0.39, 0.29) is 5.91 Å². The number of benzene rings is 1. The minimum atomic E-state index is 0.0442. The van der Waals surface area contributed by atoms with Crippen LogP contribution in [0.2, 0.25) is 0 Å². The van der Waals surface area contributed by atoms with E-state index in [9.17, 15) is 4.79 Å². The summed E-state index contributed by atoms with van der Waals surface area (Å²) >= 11 is 0. The van der Waals surface area contributed by atoms with E-state index in [1.165, 1.54) is 32.1 Å². The van der Waals surface area contributed by atoms with Gasteiger partial charge in [-0.3, -0.25) is 4.79 Å². The van der Waals surface area contributed by atoms with Gasteiger partial charge in [0.15, 0.2) is 0 Å². The van der Waals surface area contributed by atoms with Crippen LogP contribution in [0.5, 0.6) is 0 Å². The maximum absolute atomic E-state index is 12.4. The lowest BCUT2D eigenvalue weighted by atomic mass is 9.96. The molecule has 1 aliphatic rings. The molecule has 1 fully saturated rings. The highest BCUT2D eigenvalue weighted by Crippen LogP contribution is 2.18. The zero-order valence-electron chi connectivity index (χ0n) is 12.9. The molecule has 1 saturated carbocycles. The predicted octanol–water partition coefficient (Wildman–Crippen LogP) is 3.72. The van der Waals surface area contributed by atoms with Crippen molar-refractivity contribution in [1.29, 1.82) is 0 Å². The Bertz CT molecular complexity index is 581. The Morgan fingerprint density at radius 2 is 1.73 bits per heavy atom. The molecule has 0 aliphatic heterocycles. The van der Waals surface area contributed by atoms with E-state index in [4.69, 9.17) is 0 Å². The second-order valence-electron chi connectivity index (χ2n) is 6.03. The van der Waals surface area contributed by atoms with Crippen molar-refractivity contribution in [2.24, 2.45) is 0 Å². The van der Waals surface area contributed by atoms with Gasteiger partial charge in [0.1, 0.15) is 0 Å². The monoisotopic (exact) mass is 297 g/mol. The summed E-state index contributed by atoms with van der Waals surface area (Å²) in [4.78, 5) is 16.4. The van der Waals surface area contributed by atoms with Crippen molar-refractivity contribution in [2.75, 3.05) is 0 Å². The summed E-state index contributed by atoms with van der Waals surface area (Å²) < 4.78 is 1.93. The van der Waals surface area contributed by atoms with Crippen LogP contribution in [0, 0.1) is 0 Å². The highest BCUT2D eigenvalue weighted by atomic mass is 16.1. The first-order chi connectivity index (χ1) is 10.8. The van der Waals surface area contributed by atoms with Crippen LogP contribution in [0.1, 0.15) is 55.3 Å². The lowest BCUT2D eigenvalue weighted by Gasteiger charge is -2.21. The maximum atomic E-state index is 12.4. The second kappa shape index (κ2) is 7.25. The molecule has 0 bridgehead atoms. The molecule has 0 spiro atoms. The summed E-state index contributed by atoms with van der Waals surface area (Å²) in [6.45, 7) is 0. The zero-order valence-corrected chi connectivity index (χ0v) is 12.9. The molecule has 116 valence electrons. The van der Waals surface area contributed by atoms with E-state index in [0.717, 1.165) is 24.1 Å². The highest BCUT2D eigenvalue weighted by Gasteiger charge is 2.15. The van der Waals surface area contributed by atoms with Crippen molar-refractivity contribution in [3.05, 3.63) is 48.5 Å². The Kier molecular flexibility index (Phi) is 4.88. The van der Waals surface area contributed by atoms with Gasteiger partial charge in [-0.05, 0) is 37.1 Å². The number of hydrogen-bond acceptors (Lipinski definition) is 2. The predicted molar refractivity (Wildman–Crippen MR) is 87.1 cm³/mol. The zero-order chi connectivity index (χ0) is 15.2. The van der Waals surface area contributed by atoms with E-state index in [0.29, 0.717) is 6.04 Å². The molecule has 1 amide bonds. The van der Waals surface area contributed by atoms with Crippen LogP contribution in [0.4, 0.5) is 0 Å². The van der Waals surface area contributed by atoms with Gasteiger partial charge in [-0.25, -0.2) is 4.98 Å². The van der Waals surface area contributed by atoms with Crippen LogP contribution < -0.4 is 5.32 Å². The summed E-state index contributed by atoms with van der Waals surface area (Å²) in [5, 5.41) is 3.20. The molecule has 1 N–H and O–H groups in total. The van der Waals surface area contributed by atoms with Crippen LogP contribution >= 0.6 is 0 Å². The van der Waals surface area contributed by atoms with E-state index < -0.39 is 0 Å². The normalized spacial score (nSPS) is 16.7. The topological polar surface area (TPSA) is 46.9 Å². The van der Waals surface area contributed by atoms with Gasteiger partial charge in [0.25, 0.3) is 5.91 Å². The molecule has 2 aromatic rings. The van der Waals surface area contributed by atoms with E-state index in [2.05, 4.69) is 10.3 Å². The molecular formula is C18H23N3O. The molecule has 4 nitrogen and oxygen atoms in total. The van der Waals surface area contributed by atoms with E-state index in [1.54, 1.807) is 12.5 Å². The molecule has 1 aromatic heterocycles. The van der Waals surface area contributed by atoms with Gasteiger partial charge in [-0.1, -0.05) is 32.1 Å². The minimum Gasteiger partial charge on any atom is -0.349 e. The molecule has 0 unspecified atom stereocenters. The van der Waals surface area contributed by atoms with Gasteiger partial charge in [0.2, 0.25) is 0 Å². The second-order valence-corrected chi connectivity index (χ2v) is 6.03. The Morgan fingerprint density at radius 1 is 1.05 bits per heavy atom. The van der Waals surface area contributed by atoms with Gasteiger partial charge >= 0.3 is 0 Å². The van der Waals surface area contributed by atoms with Gasteiger partial charge in [-0.15, -0.1) is 0 Å². The van der Waals surface area contributed by atoms with Gasteiger partial charge in [-0.2, -0.15) is 0 Å². The van der Waals surface area contributed by atoms with Crippen molar-refractivity contribution in [2.45, 2.75) is 51.0 Å². The van der Waals surface area contributed by atoms with E-state index >= 15 is 0 Å². The molecule has 4 heteroatoms. The molecule has 1 aromatic carbocycles. The number of amides is 1. The number of nitrogens with one attached hydrogen (secondary N) is 1. The fraction of sp³-hybridized carbons (Fsp3) is 0.444. The summed E-state index contributed by atoms with van der Waals surface area (Å²) in [7, 11) is 0. The van der Waals surface area contributed by atoms with Crippen molar-refractivity contribution in [3.63, 3.8) is 0 Å². The number of nitrogens with zero attached hydrogens (tertiary/aromatic N) is 2. The smallest absolute Gasteiger partial charge is 0.251 e. The standard InChI is InChI=1S/C18H23N3O/c22-18(20-16-6-4-2-1-3-5-7-16)15-8-10-17(11-9-15)21-13-12-19-14-21/h8-14,16H,1-7H2,(H,20,22). The highest BCUT2D eigenvalue weighted by molar-refractivity contribution is 5.94. The largest absolute Gasteiger partial charge is 0.349 e. The van der Waals surface area contributed by atoms with Crippen LogP contribution in [-0.2, 0) is 0 Å². The summed E-state index contributed by atoms with van der Waals surface area (Å²) in [5.41, 5.74) is 1.74. The molecule has 1 aliphatic carbocycles. The van der Waals surface area contributed by atoms with Crippen molar-refractivity contribution >= 4 is 5.91 Å². The molecule has 3 rings (SSSR count). The SMILES string of the molecule is O=C(NC1CCCCCCC1)c1ccc(-n2ccnc2)cc1. The van der Waals surface area contributed by atoms with Crippen LogP contribution in [0.25, 0.3) is 5.69 Å². The summed E-state index contributed by atoms with van der Waals surface area (Å²) in [6, 6.07) is 8.01. The van der Waals surface area contributed by atoms with Crippen LogP contribution in [-0.4, -0.2) is 21.5 Å². The van der Waals surface area contributed by atoms with Gasteiger partial charge in [0, 0.05) is 29.7 Å². The average molecular weight is 297 g/mol. The molecule has 0 saturated heterocycles. The van der Waals surface area contributed by atoms with Crippen molar-refractivity contribution < 1.29 is 4.79 Å². The molecule has 1 heterocycles.